The summed E-state index contributed by atoms with van der Waals surface area (Å²) in [4.78, 5) is 27.4. The molecule has 1 aromatic heterocycles. The van der Waals surface area contributed by atoms with Gasteiger partial charge in [-0.1, -0.05) is 42.5 Å². The number of aromatic nitrogens is 2. The maximum atomic E-state index is 12.8. The van der Waals surface area contributed by atoms with Gasteiger partial charge in [-0.05, 0) is 17.2 Å². The van der Waals surface area contributed by atoms with Crippen LogP contribution in [0, 0.1) is 0 Å². The van der Waals surface area contributed by atoms with Crippen LogP contribution in [0.15, 0.2) is 53.3 Å². The number of aryl methyl sites for hydroxylation is 1. The normalized spacial score (nSPS) is 14.8. The Bertz CT molecular complexity index is 1090. The molecule has 0 bridgehead atoms. The van der Waals surface area contributed by atoms with E-state index in [1.165, 1.54) is 10.2 Å². The molecule has 0 unspecified atom stereocenters. The van der Waals surface area contributed by atoms with Crippen LogP contribution in [0.2, 0.25) is 0 Å². The number of amides is 1. The Morgan fingerprint density at radius 1 is 1.07 bits per heavy atom. The molecule has 2 aromatic carbocycles. The Hall–Kier alpha value is -3.03. The second-order valence-corrected chi connectivity index (χ2v) is 7.21. The summed E-state index contributed by atoms with van der Waals surface area (Å²) in [7, 11) is 1.56. The molecule has 3 aromatic rings. The number of carbonyl (C=O) groups is 1. The summed E-state index contributed by atoms with van der Waals surface area (Å²) >= 11 is 0. The van der Waals surface area contributed by atoms with Crippen LogP contribution in [0.5, 0.6) is 0 Å². The van der Waals surface area contributed by atoms with Crippen molar-refractivity contribution in [2.75, 3.05) is 26.3 Å². The number of benzene rings is 2. The maximum absolute atomic E-state index is 12.8. The number of hydrogen-bond donors (Lipinski definition) is 1. The summed E-state index contributed by atoms with van der Waals surface area (Å²) in [6.45, 7) is 4.69. The average Bonchev–Trinajstić information content (AvgIpc) is 2.75. The molecule has 150 valence electrons. The molecule has 1 aliphatic heterocycles. The monoisotopic (exact) mass is 392 g/mol. The highest BCUT2D eigenvalue weighted by Gasteiger charge is 2.15. The van der Waals surface area contributed by atoms with Gasteiger partial charge in [0.05, 0.1) is 18.6 Å². The zero-order valence-corrected chi connectivity index (χ0v) is 16.4. The summed E-state index contributed by atoms with van der Waals surface area (Å²) in [5.74, 6) is -0.296. The van der Waals surface area contributed by atoms with Gasteiger partial charge in [-0.3, -0.25) is 14.5 Å². The Labute approximate surface area is 168 Å². The summed E-state index contributed by atoms with van der Waals surface area (Å²) in [5, 5.41) is 8.17. The highest BCUT2D eigenvalue weighted by molar-refractivity contribution is 6.04. The number of carbonyl (C=O) groups excluding carboxylic acids is 1. The molecule has 1 fully saturated rings. The number of nitrogens with one attached hydrogen (secondary N) is 1. The van der Waals surface area contributed by atoms with Gasteiger partial charge in [0, 0.05) is 38.6 Å². The number of rotatable bonds is 5. The van der Waals surface area contributed by atoms with Crippen molar-refractivity contribution in [1.29, 1.82) is 0 Å². The van der Waals surface area contributed by atoms with Gasteiger partial charge in [-0.15, -0.1) is 0 Å². The molecule has 0 aliphatic carbocycles. The highest BCUT2D eigenvalue weighted by Crippen LogP contribution is 2.14. The minimum atomic E-state index is -0.296. The minimum absolute atomic E-state index is 0.215. The number of hydrogen-bond acceptors (Lipinski definition) is 5. The summed E-state index contributed by atoms with van der Waals surface area (Å²) < 4.78 is 6.61. The number of fused-ring (bicyclic) bond motifs is 1. The van der Waals surface area contributed by atoms with E-state index >= 15 is 0 Å². The molecule has 0 atom stereocenters. The summed E-state index contributed by atoms with van der Waals surface area (Å²) in [6, 6.07) is 15.3. The van der Waals surface area contributed by atoms with Gasteiger partial charge < -0.3 is 10.1 Å². The number of morpholine rings is 1. The SMILES string of the molecule is Cn1nc(C(=O)NCc2cccc(CN3CCOCC3)c2)c2ccccc2c1=O. The first-order valence-electron chi connectivity index (χ1n) is 9.74. The molecule has 0 spiro atoms. The van der Waals surface area contributed by atoms with Crippen molar-refractivity contribution >= 4 is 16.7 Å². The zero-order valence-electron chi connectivity index (χ0n) is 16.4. The van der Waals surface area contributed by atoms with Gasteiger partial charge >= 0.3 is 0 Å². The molecule has 4 rings (SSSR count). The first-order chi connectivity index (χ1) is 14.1. The number of nitrogens with zero attached hydrogens (tertiary/aromatic N) is 3. The van der Waals surface area contributed by atoms with Crippen molar-refractivity contribution in [2.45, 2.75) is 13.1 Å². The lowest BCUT2D eigenvalue weighted by Crippen LogP contribution is -2.35. The standard InChI is InChI=1S/C22H24N4O3/c1-25-22(28)19-8-3-2-7-18(19)20(24-25)21(27)23-14-16-5-4-6-17(13-16)15-26-9-11-29-12-10-26/h2-8,13H,9-12,14-15H2,1H3,(H,23,27). The van der Waals surface area contributed by atoms with Crippen LogP contribution < -0.4 is 10.9 Å². The lowest BCUT2D eigenvalue weighted by Gasteiger charge is -2.26. The van der Waals surface area contributed by atoms with E-state index in [2.05, 4.69) is 27.4 Å². The Morgan fingerprint density at radius 2 is 1.79 bits per heavy atom. The average molecular weight is 392 g/mol. The van der Waals surface area contributed by atoms with E-state index in [0.29, 0.717) is 17.3 Å². The van der Waals surface area contributed by atoms with E-state index in [-0.39, 0.29) is 17.2 Å². The Kier molecular flexibility index (Phi) is 5.69. The molecule has 7 nitrogen and oxygen atoms in total. The minimum Gasteiger partial charge on any atom is -0.379 e. The van der Waals surface area contributed by atoms with Gasteiger partial charge in [0.25, 0.3) is 11.5 Å². The van der Waals surface area contributed by atoms with Crippen LogP contribution in [-0.4, -0.2) is 46.9 Å². The second kappa shape index (κ2) is 8.55. The first-order valence-corrected chi connectivity index (χ1v) is 9.74. The fraction of sp³-hybridized carbons (Fsp3) is 0.318. The highest BCUT2D eigenvalue weighted by atomic mass is 16.5. The second-order valence-electron chi connectivity index (χ2n) is 7.21. The molecule has 7 heteroatoms. The zero-order chi connectivity index (χ0) is 20.2. The van der Waals surface area contributed by atoms with Gasteiger partial charge in [0.15, 0.2) is 5.69 Å². The van der Waals surface area contributed by atoms with Crippen LogP contribution in [0.3, 0.4) is 0 Å². The third kappa shape index (κ3) is 4.36. The van der Waals surface area contributed by atoms with Gasteiger partial charge in [0.1, 0.15) is 0 Å². The fourth-order valence-corrected chi connectivity index (χ4v) is 3.59. The van der Waals surface area contributed by atoms with Crippen LogP contribution in [0.25, 0.3) is 10.8 Å². The van der Waals surface area contributed by atoms with E-state index in [9.17, 15) is 9.59 Å². The molecule has 29 heavy (non-hydrogen) atoms. The van der Waals surface area contributed by atoms with Crippen LogP contribution in [0.4, 0.5) is 0 Å². The number of ether oxygens (including phenoxy) is 1. The molecule has 0 saturated carbocycles. The summed E-state index contributed by atoms with van der Waals surface area (Å²) in [6.07, 6.45) is 0. The molecule has 0 radical (unpaired) electrons. The van der Waals surface area contributed by atoms with Gasteiger partial charge in [0.2, 0.25) is 0 Å². The first kappa shape index (κ1) is 19.3. The molecular weight excluding hydrogens is 368 g/mol. The van der Waals surface area contributed by atoms with Crippen molar-refractivity contribution in [3.63, 3.8) is 0 Å². The predicted molar refractivity (Wildman–Crippen MR) is 111 cm³/mol. The third-order valence-electron chi connectivity index (χ3n) is 5.13. The molecular formula is C22H24N4O3. The molecule has 1 saturated heterocycles. The van der Waals surface area contributed by atoms with E-state index in [0.717, 1.165) is 38.4 Å². The van der Waals surface area contributed by atoms with Crippen molar-refractivity contribution in [2.24, 2.45) is 7.05 Å². The molecule has 1 N–H and O–H groups in total. The van der Waals surface area contributed by atoms with Gasteiger partial charge in [-0.2, -0.15) is 5.10 Å². The predicted octanol–water partition coefficient (Wildman–Crippen LogP) is 1.70. The van der Waals surface area contributed by atoms with Crippen LogP contribution >= 0.6 is 0 Å². The third-order valence-corrected chi connectivity index (χ3v) is 5.13. The van der Waals surface area contributed by atoms with Crippen LogP contribution in [-0.2, 0) is 24.9 Å². The van der Waals surface area contributed by atoms with E-state index in [1.54, 1.807) is 31.3 Å². The maximum Gasteiger partial charge on any atom is 0.274 e. The largest absolute Gasteiger partial charge is 0.379 e. The van der Waals surface area contributed by atoms with Crippen molar-refractivity contribution in [3.8, 4) is 0 Å². The molecule has 1 amide bonds. The Balaban J connectivity index is 1.48. The van der Waals surface area contributed by atoms with Crippen molar-refractivity contribution in [1.82, 2.24) is 20.0 Å². The van der Waals surface area contributed by atoms with E-state index in [1.807, 2.05) is 12.1 Å². The topological polar surface area (TPSA) is 76.5 Å². The summed E-state index contributed by atoms with van der Waals surface area (Å²) in [5.41, 5.74) is 2.28. The van der Waals surface area contributed by atoms with Gasteiger partial charge in [-0.25, -0.2) is 4.68 Å². The Morgan fingerprint density at radius 3 is 2.59 bits per heavy atom. The van der Waals surface area contributed by atoms with Crippen LogP contribution in [0.1, 0.15) is 21.6 Å². The van der Waals surface area contributed by atoms with Crippen molar-refractivity contribution in [3.05, 3.63) is 75.7 Å². The van der Waals surface area contributed by atoms with Crippen molar-refractivity contribution < 1.29 is 9.53 Å². The fourth-order valence-electron chi connectivity index (χ4n) is 3.59. The lowest BCUT2D eigenvalue weighted by molar-refractivity contribution is 0.0342. The molecule has 2 heterocycles. The molecule has 1 aliphatic rings. The lowest BCUT2D eigenvalue weighted by atomic mass is 10.1. The quantitative estimate of drug-likeness (QED) is 0.715. The van der Waals surface area contributed by atoms with E-state index in [4.69, 9.17) is 4.74 Å². The smallest absolute Gasteiger partial charge is 0.274 e. The van der Waals surface area contributed by atoms with E-state index < -0.39 is 0 Å².